The third-order valence-corrected chi connectivity index (χ3v) is 4.79. The second-order valence-electron chi connectivity index (χ2n) is 4.17. The molecule has 0 radical (unpaired) electrons. The first-order valence-electron chi connectivity index (χ1n) is 5.95. The normalized spacial score (nSPS) is 11.3. The molecule has 1 N–H and O–H groups in total. The Kier molecular flexibility index (Phi) is 4.91. The zero-order valence-electron chi connectivity index (χ0n) is 10.5. The summed E-state index contributed by atoms with van der Waals surface area (Å²) in [6.45, 7) is 0. The number of benzene rings is 2. The van der Waals surface area contributed by atoms with E-state index in [-0.39, 0.29) is 9.92 Å². The highest BCUT2D eigenvalue weighted by molar-refractivity contribution is 7.92. The summed E-state index contributed by atoms with van der Waals surface area (Å²) in [5.74, 6) is 0.532. The zero-order valence-corrected chi connectivity index (χ0v) is 12.8. The third-order valence-electron chi connectivity index (χ3n) is 2.72. The van der Waals surface area contributed by atoms with Gasteiger partial charge in [0, 0.05) is 11.6 Å². The van der Waals surface area contributed by atoms with E-state index < -0.39 is 10.0 Å². The Morgan fingerprint density at radius 1 is 1.00 bits per heavy atom. The van der Waals surface area contributed by atoms with Crippen molar-refractivity contribution in [2.24, 2.45) is 0 Å². The van der Waals surface area contributed by atoms with Gasteiger partial charge in [-0.1, -0.05) is 35.9 Å². The first-order valence-corrected chi connectivity index (χ1v) is 8.35. The number of halogens is 2. The molecule has 0 atom stereocenters. The first-order chi connectivity index (χ1) is 9.53. The molecule has 0 aromatic heterocycles. The van der Waals surface area contributed by atoms with Crippen molar-refractivity contribution in [3.8, 4) is 0 Å². The molecular weight excluding hydrogens is 317 g/mol. The van der Waals surface area contributed by atoms with Crippen LogP contribution in [-0.4, -0.2) is 14.3 Å². The molecule has 20 heavy (non-hydrogen) atoms. The Morgan fingerprint density at radius 2 is 1.65 bits per heavy atom. The zero-order chi connectivity index (χ0) is 14.6. The van der Waals surface area contributed by atoms with Crippen molar-refractivity contribution in [2.45, 2.75) is 11.3 Å². The van der Waals surface area contributed by atoms with Crippen LogP contribution in [0.4, 0.5) is 5.69 Å². The van der Waals surface area contributed by atoms with Crippen LogP contribution in [-0.2, 0) is 16.4 Å². The van der Waals surface area contributed by atoms with Gasteiger partial charge in [0.25, 0.3) is 10.0 Å². The fourth-order valence-electron chi connectivity index (χ4n) is 1.72. The van der Waals surface area contributed by atoms with Crippen molar-refractivity contribution >= 4 is 38.9 Å². The fraction of sp³-hybridized carbons (Fsp3) is 0.143. The highest BCUT2D eigenvalue weighted by atomic mass is 35.5. The third kappa shape index (κ3) is 3.66. The number of nitrogens with one attached hydrogen (secondary N) is 1. The number of alkyl halides is 1. The molecule has 2 rings (SSSR count). The van der Waals surface area contributed by atoms with Crippen molar-refractivity contribution in [2.75, 3.05) is 10.6 Å². The lowest BCUT2D eigenvalue weighted by atomic mass is 10.2. The summed E-state index contributed by atoms with van der Waals surface area (Å²) in [6, 6.07) is 13.4. The molecule has 0 saturated heterocycles. The minimum atomic E-state index is -3.68. The molecule has 0 heterocycles. The molecule has 0 fully saturated rings. The average molecular weight is 330 g/mol. The van der Waals surface area contributed by atoms with Gasteiger partial charge >= 0.3 is 0 Å². The van der Waals surface area contributed by atoms with Crippen LogP contribution >= 0.6 is 23.2 Å². The molecule has 0 aliphatic heterocycles. The van der Waals surface area contributed by atoms with E-state index in [0.29, 0.717) is 11.6 Å². The van der Waals surface area contributed by atoms with Gasteiger partial charge in [-0.25, -0.2) is 8.42 Å². The molecule has 2 aromatic carbocycles. The summed E-state index contributed by atoms with van der Waals surface area (Å²) < 4.78 is 26.9. The number of anilines is 1. The second kappa shape index (κ2) is 6.48. The Balaban J connectivity index is 2.22. The summed E-state index contributed by atoms with van der Waals surface area (Å²) in [6.07, 6.45) is 0.749. The van der Waals surface area contributed by atoms with Gasteiger partial charge in [0.2, 0.25) is 0 Å². The Hall–Kier alpha value is -1.23. The standard InChI is InChI=1S/C14H13Cl2NO2S/c15-10-9-11-5-7-12(8-6-11)17-20(18,19)14-4-2-1-3-13(14)16/h1-8,17H,9-10H2. The van der Waals surface area contributed by atoms with Crippen molar-refractivity contribution in [3.63, 3.8) is 0 Å². The van der Waals surface area contributed by atoms with Crippen molar-refractivity contribution in [1.82, 2.24) is 0 Å². The van der Waals surface area contributed by atoms with Gasteiger partial charge in [-0.3, -0.25) is 4.72 Å². The van der Waals surface area contributed by atoms with E-state index in [9.17, 15) is 8.42 Å². The first kappa shape index (κ1) is 15.2. The smallest absolute Gasteiger partial charge is 0.263 e. The maximum atomic E-state index is 12.2. The fourth-order valence-corrected chi connectivity index (χ4v) is 3.52. The van der Waals surface area contributed by atoms with Crippen LogP contribution in [0.25, 0.3) is 0 Å². The minimum Gasteiger partial charge on any atom is -0.280 e. The predicted octanol–water partition coefficient (Wildman–Crippen LogP) is 3.92. The molecule has 0 aliphatic rings. The quantitative estimate of drug-likeness (QED) is 0.845. The van der Waals surface area contributed by atoms with Gasteiger partial charge in [-0.2, -0.15) is 0 Å². The summed E-state index contributed by atoms with van der Waals surface area (Å²) in [5.41, 5.74) is 1.55. The van der Waals surface area contributed by atoms with E-state index in [0.717, 1.165) is 12.0 Å². The van der Waals surface area contributed by atoms with E-state index in [1.807, 2.05) is 12.1 Å². The largest absolute Gasteiger partial charge is 0.280 e. The molecule has 6 heteroatoms. The van der Waals surface area contributed by atoms with Crippen LogP contribution in [0.3, 0.4) is 0 Å². The number of aryl methyl sites for hydroxylation is 1. The Bertz CT molecular complexity index is 685. The minimum absolute atomic E-state index is 0.0616. The van der Waals surface area contributed by atoms with Crippen LogP contribution in [0.5, 0.6) is 0 Å². The van der Waals surface area contributed by atoms with Gasteiger partial charge < -0.3 is 0 Å². The highest BCUT2D eigenvalue weighted by Crippen LogP contribution is 2.23. The van der Waals surface area contributed by atoms with Crippen LogP contribution in [0.15, 0.2) is 53.4 Å². The molecule has 3 nitrogen and oxygen atoms in total. The van der Waals surface area contributed by atoms with E-state index in [4.69, 9.17) is 23.2 Å². The molecule has 106 valence electrons. The lowest BCUT2D eigenvalue weighted by Crippen LogP contribution is -2.13. The topological polar surface area (TPSA) is 46.2 Å². The van der Waals surface area contributed by atoms with E-state index in [2.05, 4.69) is 4.72 Å². The van der Waals surface area contributed by atoms with Gasteiger partial charge in [0.15, 0.2) is 0 Å². The summed E-state index contributed by atoms with van der Waals surface area (Å²) >= 11 is 11.6. The van der Waals surface area contributed by atoms with Gasteiger partial charge in [0.1, 0.15) is 4.90 Å². The van der Waals surface area contributed by atoms with Gasteiger partial charge in [-0.05, 0) is 36.2 Å². The summed E-state index contributed by atoms with van der Waals surface area (Å²) in [5, 5.41) is 0.193. The van der Waals surface area contributed by atoms with Gasteiger partial charge in [-0.15, -0.1) is 11.6 Å². The lowest BCUT2D eigenvalue weighted by Gasteiger charge is -2.09. The molecule has 0 bridgehead atoms. The van der Waals surface area contributed by atoms with E-state index in [1.54, 1.807) is 30.3 Å². The van der Waals surface area contributed by atoms with Crippen LogP contribution in [0, 0.1) is 0 Å². The summed E-state index contributed by atoms with van der Waals surface area (Å²) in [4.78, 5) is 0.0616. The maximum Gasteiger partial charge on any atom is 0.263 e. The van der Waals surface area contributed by atoms with Crippen molar-refractivity contribution in [3.05, 3.63) is 59.1 Å². The second-order valence-corrected chi connectivity index (χ2v) is 6.61. The molecule has 0 saturated carbocycles. The van der Waals surface area contributed by atoms with Crippen molar-refractivity contribution < 1.29 is 8.42 Å². The molecule has 2 aromatic rings. The molecule has 0 spiro atoms. The van der Waals surface area contributed by atoms with Crippen LogP contribution in [0.2, 0.25) is 5.02 Å². The van der Waals surface area contributed by atoms with Crippen LogP contribution < -0.4 is 4.72 Å². The monoisotopic (exact) mass is 329 g/mol. The molecule has 0 amide bonds. The van der Waals surface area contributed by atoms with E-state index >= 15 is 0 Å². The number of hydrogen-bond acceptors (Lipinski definition) is 2. The molecular formula is C14H13Cl2NO2S. The van der Waals surface area contributed by atoms with Gasteiger partial charge in [0.05, 0.1) is 5.02 Å². The lowest BCUT2D eigenvalue weighted by molar-refractivity contribution is 0.601. The van der Waals surface area contributed by atoms with Crippen LogP contribution in [0.1, 0.15) is 5.56 Å². The van der Waals surface area contributed by atoms with E-state index in [1.165, 1.54) is 6.07 Å². The average Bonchev–Trinajstić information content (AvgIpc) is 2.41. The molecule has 0 aliphatic carbocycles. The summed E-state index contributed by atoms with van der Waals surface area (Å²) in [7, 11) is -3.68. The number of sulfonamides is 1. The number of rotatable bonds is 5. The maximum absolute atomic E-state index is 12.2. The SMILES string of the molecule is O=S(=O)(Nc1ccc(CCCl)cc1)c1ccccc1Cl. The van der Waals surface area contributed by atoms with Crippen molar-refractivity contribution in [1.29, 1.82) is 0 Å². The highest BCUT2D eigenvalue weighted by Gasteiger charge is 2.17. The number of hydrogen-bond donors (Lipinski definition) is 1. The predicted molar refractivity (Wildman–Crippen MR) is 83.1 cm³/mol. The Morgan fingerprint density at radius 3 is 2.25 bits per heavy atom. The molecule has 0 unspecified atom stereocenters. The Labute approximate surface area is 128 Å².